The van der Waals surface area contributed by atoms with Gasteiger partial charge in [0.15, 0.2) is 0 Å². The summed E-state index contributed by atoms with van der Waals surface area (Å²) in [5, 5.41) is 2.73. The molecule has 1 N–H and O–H groups in total. The van der Waals surface area contributed by atoms with E-state index in [1.165, 1.54) is 23.1 Å². The molecule has 2 heterocycles. The Morgan fingerprint density at radius 3 is 2.84 bits per heavy atom. The molecular formula is C18H22FN3O3. The number of likely N-dealkylation sites (tertiary alicyclic amines) is 1. The van der Waals surface area contributed by atoms with Gasteiger partial charge in [-0.2, -0.15) is 0 Å². The normalized spacial score (nSPS) is 20.8. The summed E-state index contributed by atoms with van der Waals surface area (Å²) in [6.45, 7) is 2.11. The highest BCUT2D eigenvalue weighted by molar-refractivity contribution is 5.89. The van der Waals surface area contributed by atoms with E-state index in [0.29, 0.717) is 38.0 Å². The van der Waals surface area contributed by atoms with E-state index in [4.69, 9.17) is 0 Å². The first-order valence-corrected chi connectivity index (χ1v) is 8.66. The van der Waals surface area contributed by atoms with Gasteiger partial charge in [0.25, 0.3) is 0 Å². The molecule has 0 radical (unpaired) electrons. The minimum Gasteiger partial charge on any atom is -0.352 e. The van der Waals surface area contributed by atoms with E-state index in [-0.39, 0.29) is 24.1 Å². The van der Waals surface area contributed by atoms with Gasteiger partial charge in [-0.25, -0.2) is 4.39 Å². The van der Waals surface area contributed by atoms with Gasteiger partial charge in [0.2, 0.25) is 17.7 Å². The van der Waals surface area contributed by atoms with Crippen molar-refractivity contribution in [3.8, 4) is 0 Å². The van der Waals surface area contributed by atoms with Crippen LogP contribution in [0.1, 0.15) is 37.3 Å². The zero-order valence-corrected chi connectivity index (χ0v) is 14.0. The van der Waals surface area contributed by atoms with Crippen LogP contribution in [0.4, 0.5) is 4.39 Å². The van der Waals surface area contributed by atoms with Gasteiger partial charge in [-0.05, 0) is 30.5 Å². The molecule has 25 heavy (non-hydrogen) atoms. The molecule has 1 aromatic carbocycles. The lowest BCUT2D eigenvalue weighted by atomic mass is 10.0. The van der Waals surface area contributed by atoms with Crippen molar-refractivity contribution in [1.29, 1.82) is 0 Å². The van der Waals surface area contributed by atoms with Crippen molar-refractivity contribution in [2.24, 2.45) is 0 Å². The summed E-state index contributed by atoms with van der Waals surface area (Å²) in [6, 6.07) is 4.99. The highest BCUT2D eigenvalue weighted by Gasteiger charge is 2.34. The smallest absolute Gasteiger partial charge is 0.247 e. The largest absolute Gasteiger partial charge is 0.352 e. The fraction of sp³-hybridized carbons (Fsp3) is 0.500. The van der Waals surface area contributed by atoms with E-state index < -0.39 is 11.9 Å². The van der Waals surface area contributed by atoms with E-state index >= 15 is 0 Å². The van der Waals surface area contributed by atoms with Crippen molar-refractivity contribution < 1.29 is 18.8 Å². The van der Waals surface area contributed by atoms with Crippen molar-refractivity contribution >= 4 is 17.7 Å². The molecule has 0 aromatic heterocycles. The van der Waals surface area contributed by atoms with E-state index in [1.54, 1.807) is 11.0 Å². The van der Waals surface area contributed by atoms with Crippen molar-refractivity contribution in [3.05, 3.63) is 35.6 Å². The second-order valence-electron chi connectivity index (χ2n) is 6.42. The third kappa shape index (κ3) is 3.97. The summed E-state index contributed by atoms with van der Waals surface area (Å²) in [4.78, 5) is 39.8. The molecule has 134 valence electrons. The number of hydrogen-bond acceptors (Lipinski definition) is 3. The molecule has 0 spiro atoms. The molecule has 0 bridgehead atoms. The lowest BCUT2D eigenvalue weighted by molar-refractivity contribution is -0.143. The summed E-state index contributed by atoms with van der Waals surface area (Å²) in [5.74, 6) is -0.728. The second kappa shape index (κ2) is 7.63. The van der Waals surface area contributed by atoms with Gasteiger partial charge < -0.3 is 15.1 Å². The fourth-order valence-corrected chi connectivity index (χ4v) is 3.45. The zero-order valence-electron chi connectivity index (χ0n) is 14.0. The molecule has 0 saturated carbocycles. The van der Waals surface area contributed by atoms with Gasteiger partial charge in [-0.15, -0.1) is 0 Å². The number of halogens is 1. The molecule has 7 heteroatoms. The fourth-order valence-electron chi connectivity index (χ4n) is 3.45. The van der Waals surface area contributed by atoms with E-state index in [9.17, 15) is 18.8 Å². The molecule has 0 unspecified atom stereocenters. The first-order valence-electron chi connectivity index (χ1n) is 8.66. The van der Waals surface area contributed by atoms with Crippen LogP contribution in [-0.2, 0) is 14.4 Å². The summed E-state index contributed by atoms with van der Waals surface area (Å²) in [6.07, 6.45) is 2.30. The predicted octanol–water partition coefficient (Wildman–Crippen LogP) is 1.23. The lowest BCUT2D eigenvalue weighted by Gasteiger charge is -2.35. The van der Waals surface area contributed by atoms with Crippen LogP contribution in [0, 0.1) is 5.82 Å². The standard InChI is InChI=1S/C18H22FN3O3/c19-14-5-1-4-13(12-14)17-18(25)20-8-11-22(17)16(24)7-3-10-21-9-2-6-15(21)23/h1,4-5,12,17H,2-3,6-11H2,(H,20,25)/t17-/m0/s1. The van der Waals surface area contributed by atoms with Crippen LogP contribution >= 0.6 is 0 Å². The Morgan fingerprint density at radius 2 is 2.12 bits per heavy atom. The van der Waals surface area contributed by atoms with Crippen LogP contribution in [-0.4, -0.2) is 53.7 Å². The number of hydrogen-bond donors (Lipinski definition) is 1. The molecular weight excluding hydrogens is 325 g/mol. The maximum Gasteiger partial charge on any atom is 0.247 e. The number of carbonyl (C=O) groups is 3. The molecule has 1 aromatic rings. The number of nitrogens with one attached hydrogen (secondary N) is 1. The van der Waals surface area contributed by atoms with E-state index in [2.05, 4.69) is 5.32 Å². The Balaban J connectivity index is 1.64. The summed E-state index contributed by atoms with van der Waals surface area (Å²) in [7, 11) is 0. The maximum atomic E-state index is 13.5. The Kier molecular flexibility index (Phi) is 5.31. The summed E-state index contributed by atoms with van der Waals surface area (Å²) >= 11 is 0. The van der Waals surface area contributed by atoms with Gasteiger partial charge in [-0.3, -0.25) is 14.4 Å². The quantitative estimate of drug-likeness (QED) is 0.871. The summed E-state index contributed by atoms with van der Waals surface area (Å²) < 4.78 is 13.5. The Bertz CT molecular complexity index is 679. The van der Waals surface area contributed by atoms with Crippen LogP contribution in [0.2, 0.25) is 0 Å². The van der Waals surface area contributed by atoms with Crippen LogP contribution in [0.5, 0.6) is 0 Å². The van der Waals surface area contributed by atoms with Gasteiger partial charge >= 0.3 is 0 Å². The molecule has 6 nitrogen and oxygen atoms in total. The Hall–Kier alpha value is -2.44. The molecule has 2 saturated heterocycles. The molecule has 2 aliphatic heterocycles. The molecule has 3 amide bonds. The number of amides is 3. The monoisotopic (exact) mass is 347 g/mol. The second-order valence-corrected chi connectivity index (χ2v) is 6.42. The van der Waals surface area contributed by atoms with Crippen molar-refractivity contribution in [2.75, 3.05) is 26.2 Å². The third-order valence-corrected chi connectivity index (χ3v) is 4.69. The van der Waals surface area contributed by atoms with E-state index in [1.807, 2.05) is 0 Å². The average molecular weight is 347 g/mol. The first-order chi connectivity index (χ1) is 12.1. The minimum atomic E-state index is -0.801. The lowest BCUT2D eigenvalue weighted by Crippen LogP contribution is -2.52. The zero-order chi connectivity index (χ0) is 17.8. The molecule has 2 aliphatic rings. The van der Waals surface area contributed by atoms with Crippen LogP contribution in [0.15, 0.2) is 24.3 Å². The SMILES string of the molecule is O=C1NCCN(C(=O)CCCN2CCCC2=O)[C@H]1c1cccc(F)c1. The van der Waals surface area contributed by atoms with Crippen molar-refractivity contribution in [3.63, 3.8) is 0 Å². The highest BCUT2D eigenvalue weighted by atomic mass is 19.1. The van der Waals surface area contributed by atoms with Gasteiger partial charge in [-0.1, -0.05) is 12.1 Å². The van der Waals surface area contributed by atoms with Crippen molar-refractivity contribution in [2.45, 2.75) is 31.7 Å². The van der Waals surface area contributed by atoms with Gasteiger partial charge in [0.05, 0.1) is 0 Å². The molecule has 1 atom stereocenters. The van der Waals surface area contributed by atoms with Gasteiger partial charge in [0.1, 0.15) is 11.9 Å². The number of carbonyl (C=O) groups excluding carboxylic acids is 3. The first kappa shape index (κ1) is 17.4. The maximum absolute atomic E-state index is 13.5. The number of nitrogens with zero attached hydrogens (tertiary/aromatic N) is 2. The van der Waals surface area contributed by atoms with Crippen molar-refractivity contribution in [1.82, 2.24) is 15.1 Å². The van der Waals surface area contributed by atoms with Gasteiger partial charge in [0, 0.05) is 39.0 Å². The third-order valence-electron chi connectivity index (χ3n) is 4.69. The number of piperazine rings is 1. The minimum absolute atomic E-state index is 0.141. The van der Waals surface area contributed by atoms with E-state index in [0.717, 1.165) is 13.0 Å². The molecule has 3 rings (SSSR count). The number of benzene rings is 1. The highest BCUT2D eigenvalue weighted by Crippen LogP contribution is 2.25. The molecule has 2 fully saturated rings. The van der Waals surface area contributed by atoms with Crippen LogP contribution in [0.25, 0.3) is 0 Å². The number of rotatable bonds is 5. The van der Waals surface area contributed by atoms with Crippen LogP contribution in [0.3, 0.4) is 0 Å². The predicted molar refractivity (Wildman–Crippen MR) is 88.9 cm³/mol. The molecule has 0 aliphatic carbocycles. The Labute approximate surface area is 146 Å². The topological polar surface area (TPSA) is 69.7 Å². The Morgan fingerprint density at radius 1 is 1.28 bits per heavy atom. The van der Waals surface area contributed by atoms with Crippen LogP contribution < -0.4 is 5.32 Å². The average Bonchev–Trinajstić information content (AvgIpc) is 2.99. The summed E-state index contributed by atoms with van der Waals surface area (Å²) in [5.41, 5.74) is 0.472.